The fraction of sp³-hybridized carbons (Fsp3) is 0.476. The maximum Gasteiger partial charge on any atom is 0.275 e. The van der Waals surface area contributed by atoms with Gasteiger partial charge in [-0.25, -0.2) is 10.1 Å². The minimum atomic E-state index is -0.141. The van der Waals surface area contributed by atoms with E-state index in [-0.39, 0.29) is 11.6 Å². The van der Waals surface area contributed by atoms with E-state index in [1.807, 2.05) is 19.2 Å². The predicted octanol–water partition coefficient (Wildman–Crippen LogP) is 3.98. The van der Waals surface area contributed by atoms with Crippen molar-refractivity contribution < 1.29 is 4.74 Å². The number of nitrogens with one attached hydrogen (secondary N) is 1. The Bertz CT molecular complexity index is 1000. The molecule has 4 heterocycles. The van der Waals surface area contributed by atoms with E-state index in [4.69, 9.17) is 9.72 Å². The minimum Gasteiger partial charge on any atom is -0.492 e. The van der Waals surface area contributed by atoms with Gasteiger partial charge in [-0.2, -0.15) is 5.10 Å². The van der Waals surface area contributed by atoms with Crippen molar-refractivity contribution in [2.24, 2.45) is 5.92 Å². The fourth-order valence-corrected chi connectivity index (χ4v) is 3.82. The number of aryl methyl sites for hydroxylation is 1. The number of fused-ring (bicyclic) bond motifs is 4. The highest BCUT2D eigenvalue weighted by molar-refractivity contribution is 5.71. The maximum absolute atomic E-state index is 12.0. The van der Waals surface area contributed by atoms with Crippen LogP contribution in [-0.2, 0) is 6.42 Å². The van der Waals surface area contributed by atoms with Crippen molar-refractivity contribution in [2.45, 2.75) is 53.0 Å². The monoisotopic (exact) mass is 366 g/mol. The van der Waals surface area contributed by atoms with Crippen molar-refractivity contribution in [3.05, 3.63) is 39.9 Å². The van der Waals surface area contributed by atoms with Gasteiger partial charge in [0.25, 0.3) is 5.56 Å². The fourth-order valence-electron chi connectivity index (χ4n) is 3.82. The molecule has 0 fully saturated rings. The van der Waals surface area contributed by atoms with Crippen LogP contribution in [0.4, 0.5) is 0 Å². The van der Waals surface area contributed by atoms with Crippen LogP contribution in [0.2, 0.25) is 0 Å². The Labute approximate surface area is 158 Å². The Morgan fingerprint density at radius 1 is 1.37 bits per heavy atom. The molecule has 1 aromatic heterocycles. The van der Waals surface area contributed by atoms with Gasteiger partial charge in [-0.15, -0.1) is 0 Å². The summed E-state index contributed by atoms with van der Waals surface area (Å²) in [5.74, 6) is 1.30. The number of unbranched alkanes of at least 4 members (excludes halogenated alkanes) is 1. The van der Waals surface area contributed by atoms with E-state index >= 15 is 0 Å². The SMILES string of the molecule is CCCCOc1cc2c(nc1C)-c1cc3n[nH]c(=O)c-3cn1[C@H](C(C)C)C2. The van der Waals surface area contributed by atoms with Crippen LogP contribution in [0.25, 0.3) is 22.6 Å². The van der Waals surface area contributed by atoms with E-state index < -0.39 is 0 Å². The van der Waals surface area contributed by atoms with E-state index in [1.165, 1.54) is 5.56 Å². The zero-order chi connectivity index (χ0) is 19.1. The molecule has 0 saturated carbocycles. The molecular weight excluding hydrogens is 340 g/mol. The summed E-state index contributed by atoms with van der Waals surface area (Å²) in [4.78, 5) is 16.9. The highest BCUT2D eigenvalue weighted by atomic mass is 16.5. The van der Waals surface area contributed by atoms with Crippen LogP contribution in [0, 0.1) is 12.8 Å². The molecule has 1 aromatic rings. The third-order valence-corrected chi connectivity index (χ3v) is 5.42. The summed E-state index contributed by atoms with van der Waals surface area (Å²) < 4.78 is 8.18. The van der Waals surface area contributed by atoms with Crippen molar-refractivity contribution in [3.8, 4) is 28.4 Å². The molecule has 0 saturated heterocycles. The van der Waals surface area contributed by atoms with Crippen LogP contribution < -0.4 is 10.3 Å². The van der Waals surface area contributed by atoms with Crippen molar-refractivity contribution in [1.29, 1.82) is 0 Å². The van der Waals surface area contributed by atoms with Gasteiger partial charge < -0.3 is 9.30 Å². The first kappa shape index (κ1) is 17.8. The molecule has 6 heteroatoms. The number of hydrogen-bond acceptors (Lipinski definition) is 4. The lowest BCUT2D eigenvalue weighted by Crippen LogP contribution is -2.25. The number of aromatic amines is 1. The molecular formula is C21H26N4O2. The first-order valence-electron chi connectivity index (χ1n) is 9.73. The first-order chi connectivity index (χ1) is 13.0. The lowest BCUT2D eigenvalue weighted by atomic mass is 9.89. The molecule has 0 amide bonds. The smallest absolute Gasteiger partial charge is 0.275 e. The number of aromatic nitrogens is 4. The molecule has 1 atom stereocenters. The van der Waals surface area contributed by atoms with Gasteiger partial charge in [-0.1, -0.05) is 27.2 Å². The predicted molar refractivity (Wildman–Crippen MR) is 105 cm³/mol. The van der Waals surface area contributed by atoms with Crippen LogP contribution in [0.5, 0.6) is 5.75 Å². The highest BCUT2D eigenvalue weighted by Gasteiger charge is 2.30. The molecule has 0 bridgehead atoms. The quantitative estimate of drug-likeness (QED) is 0.693. The van der Waals surface area contributed by atoms with Crippen molar-refractivity contribution >= 4 is 0 Å². The van der Waals surface area contributed by atoms with E-state index in [1.54, 1.807) is 0 Å². The van der Waals surface area contributed by atoms with Gasteiger partial charge in [-0.05, 0) is 43.4 Å². The number of rotatable bonds is 5. The van der Waals surface area contributed by atoms with Crippen LogP contribution in [0.3, 0.4) is 0 Å². The number of pyridine rings is 2. The molecule has 0 unspecified atom stereocenters. The van der Waals surface area contributed by atoms with Gasteiger partial charge in [0, 0.05) is 12.2 Å². The van der Waals surface area contributed by atoms with Crippen LogP contribution >= 0.6 is 0 Å². The molecule has 3 aliphatic rings. The Morgan fingerprint density at radius 2 is 2.19 bits per heavy atom. The summed E-state index contributed by atoms with van der Waals surface area (Å²) in [5, 5.41) is 6.71. The Morgan fingerprint density at radius 3 is 2.93 bits per heavy atom. The van der Waals surface area contributed by atoms with Gasteiger partial charge in [0.05, 0.1) is 34.9 Å². The Kier molecular flexibility index (Phi) is 4.50. The summed E-state index contributed by atoms with van der Waals surface area (Å²) in [7, 11) is 0. The van der Waals surface area contributed by atoms with Gasteiger partial charge in [0.1, 0.15) is 5.75 Å². The second kappa shape index (κ2) is 6.83. The second-order valence-corrected chi connectivity index (χ2v) is 7.71. The lowest BCUT2D eigenvalue weighted by Gasteiger charge is -2.33. The summed E-state index contributed by atoms with van der Waals surface area (Å²) in [6.07, 6.45) is 4.96. The normalized spacial score (nSPS) is 15.8. The molecule has 0 spiro atoms. The zero-order valence-electron chi connectivity index (χ0n) is 16.4. The van der Waals surface area contributed by atoms with Crippen molar-refractivity contribution in [3.63, 3.8) is 0 Å². The van der Waals surface area contributed by atoms with E-state index in [2.05, 4.69) is 41.6 Å². The van der Waals surface area contributed by atoms with E-state index in [0.29, 0.717) is 17.2 Å². The van der Waals surface area contributed by atoms with Crippen molar-refractivity contribution in [1.82, 2.24) is 19.7 Å². The number of nitrogens with zero attached hydrogens (tertiary/aromatic N) is 3. The van der Waals surface area contributed by atoms with Crippen LogP contribution in [0.1, 0.15) is 50.9 Å². The molecule has 0 aromatic carbocycles. The number of H-pyrrole nitrogens is 1. The molecule has 142 valence electrons. The van der Waals surface area contributed by atoms with Gasteiger partial charge in [0.2, 0.25) is 0 Å². The second-order valence-electron chi connectivity index (χ2n) is 7.71. The largest absolute Gasteiger partial charge is 0.492 e. The maximum atomic E-state index is 12.0. The molecule has 27 heavy (non-hydrogen) atoms. The van der Waals surface area contributed by atoms with E-state index in [9.17, 15) is 4.79 Å². The molecule has 1 N–H and O–H groups in total. The molecule has 0 radical (unpaired) electrons. The Hall–Kier alpha value is -2.63. The topological polar surface area (TPSA) is 72.8 Å². The molecule has 4 rings (SSSR count). The number of ether oxygens (including phenoxy) is 1. The third kappa shape index (κ3) is 3.03. The summed E-state index contributed by atoms with van der Waals surface area (Å²) in [5.41, 5.74) is 5.24. The summed E-state index contributed by atoms with van der Waals surface area (Å²) >= 11 is 0. The number of hydrogen-bond donors (Lipinski definition) is 1. The van der Waals surface area contributed by atoms with Gasteiger partial charge in [-0.3, -0.25) is 4.79 Å². The Balaban J connectivity index is 1.86. The third-order valence-electron chi connectivity index (χ3n) is 5.42. The molecule has 6 nitrogen and oxygen atoms in total. The standard InChI is InChI=1S/C21H26N4O2/c1-5-6-7-27-19-9-14-8-17(12(2)3)25-11-15-16(23-24-21(15)26)10-18(25)20(14)22-13(19)4/h9-12,17H,5-8H2,1-4H3,(H,24,26)/t17-/m0/s1. The molecule has 3 aliphatic heterocycles. The average Bonchev–Trinajstić information content (AvgIpc) is 3.00. The summed E-state index contributed by atoms with van der Waals surface area (Å²) in [6, 6.07) is 4.39. The van der Waals surface area contributed by atoms with Crippen LogP contribution in [-0.4, -0.2) is 26.4 Å². The molecule has 0 aliphatic carbocycles. The van der Waals surface area contributed by atoms with Gasteiger partial charge >= 0.3 is 0 Å². The summed E-state index contributed by atoms with van der Waals surface area (Å²) in [6.45, 7) is 9.29. The van der Waals surface area contributed by atoms with Gasteiger partial charge in [0.15, 0.2) is 0 Å². The van der Waals surface area contributed by atoms with Crippen molar-refractivity contribution in [2.75, 3.05) is 6.61 Å². The lowest BCUT2D eigenvalue weighted by molar-refractivity contribution is 0.304. The highest BCUT2D eigenvalue weighted by Crippen LogP contribution is 2.40. The first-order valence-corrected chi connectivity index (χ1v) is 9.73. The average molecular weight is 366 g/mol. The zero-order valence-corrected chi connectivity index (χ0v) is 16.4. The van der Waals surface area contributed by atoms with Crippen LogP contribution in [0.15, 0.2) is 23.1 Å². The van der Waals surface area contributed by atoms with E-state index in [0.717, 1.165) is 48.7 Å². The minimum absolute atomic E-state index is 0.141.